The van der Waals surface area contributed by atoms with Crippen molar-refractivity contribution < 1.29 is 22.0 Å². The molecule has 0 spiro atoms. The van der Waals surface area contributed by atoms with Crippen molar-refractivity contribution >= 4 is 39.0 Å². The number of nitrogens with zero attached hydrogens (tertiary/aromatic N) is 4. The molecule has 0 saturated heterocycles. The van der Waals surface area contributed by atoms with Gasteiger partial charge in [0.2, 0.25) is 0 Å². The molecule has 0 unspecified atom stereocenters. The number of aromatic nitrogens is 4. The van der Waals surface area contributed by atoms with E-state index in [2.05, 4.69) is 35.9 Å². The van der Waals surface area contributed by atoms with Gasteiger partial charge < -0.3 is 16.0 Å². The topological polar surface area (TPSA) is 139 Å². The number of halogens is 2. The number of hydrogen-bond acceptors (Lipinski definition) is 9. The summed E-state index contributed by atoms with van der Waals surface area (Å²) in [6.07, 6.45) is 4.40. The van der Waals surface area contributed by atoms with Crippen LogP contribution in [0.1, 0.15) is 23.2 Å². The summed E-state index contributed by atoms with van der Waals surface area (Å²) in [5, 5.41) is 8.35. The number of carbonyl (C=O) groups excluding carboxylic acids is 1. The summed E-state index contributed by atoms with van der Waals surface area (Å²) in [5.41, 5.74) is 0.240. The van der Waals surface area contributed by atoms with Gasteiger partial charge in [0.15, 0.2) is 9.84 Å². The maximum atomic E-state index is 12.9. The molecule has 33 heavy (non-hydrogen) atoms. The Kier molecular flexibility index (Phi) is 5.89. The first-order valence-electron chi connectivity index (χ1n) is 9.75. The Morgan fingerprint density at radius 3 is 2.39 bits per heavy atom. The van der Waals surface area contributed by atoms with Crippen molar-refractivity contribution in [2.24, 2.45) is 0 Å². The Bertz CT molecular complexity index is 1280. The molecule has 0 bridgehead atoms. The third-order valence-corrected chi connectivity index (χ3v) is 5.92. The van der Waals surface area contributed by atoms with E-state index in [4.69, 9.17) is 0 Å². The zero-order valence-electron chi connectivity index (χ0n) is 17.3. The predicted molar refractivity (Wildman–Crippen MR) is 116 cm³/mol. The Hall–Kier alpha value is -3.74. The van der Waals surface area contributed by atoms with Crippen LogP contribution < -0.4 is 16.0 Å². The molecule has 3 aromatic rings. The fourth-order valence-electron chi connectivity index (χ4n) is 3.16. The molecular weight excluding hydrogens is 456 g/mol. The number of alkyl halides is 2. The van der Waals surface area contributed by atoms with E-state index in [0.717, 1.165) is 6.26 Å². The number of rotatable bonds is 7. The van der Waals surface area contributed by atoms with E-state index in [-0.39, 0.29) is 29.1 Å². The zero-order valence-corrected chi connectivity index (χ0v) is 18.1. The number of hydrogen-bond donors (Lipinski definition) is 3. The van der Waals surface area contributed by atoms with Crippen molar-refractivity contribution in [2.45, 2.75) is 29.7 Å². The number of pyridine rings is 2. The normalized spacial score (nSPS) is 15.4. The standard InChI is InChI=1S/C20H19F2N7O3S/c1-33(31,32)14-3-2-6-23-18(14)29-17-7-16(25-11-26-17)28-15-5-4-12(10-24-15)19(30)27-13-8-20(21,22)9-13/h2-7,10-11,13H,8-9H2,1H3,(H,27,30)(H2,23,24,25,26,28,29). The highest BCUT2D eigenvalue weighted by Gasteiger charge is 2.45. The maximum absolute atomic E-state index is 12.9. The molecule has 1 amide bonds. The number of amides is 1. The molecule has 1 aliphatic rings. The Morgan fingerprint density at radius 2 is 1.76 bits per heavy atom. The molecule has 0 aromatic carbocycles. The first kappa shape index (κ1) is 22.5. The quantitative estimate of drug-likeness (QED) is 0.471. The Labute approximate surface area is 187 Å². The minimum atomic E-state index is -3.50. The molecule has 3 aromatic heterocycles. The maximum Gasteiger partial charge on any atom is 0.253 e. The number of nitrogens with one attached hydrogen (secondary N) is 3. The second kappa shape index (κ2) is 8.65. The van der Waals surface area contributed by atoms with Crippen molar-refractivity contribution in [3.63, 3.8) is 0 Å². The molecule has 3 heterocycles. The van der Waals surface area contributed by atoms with Crippen LogP contribution in [-0.2, 0) is 9.84 Å². The second-order valence-electron chi connectivity index (χ2n) is 7.53. The highest BCUT2D eigenvalue weighted by atomic mass is 32.2. The van der Waals surface area contributed by atoms with Crippen LogP contribution in [0.25, 0.3) is 0 Å². The summed E-state index contributed by atoms with van der Waals surface area (Å²) in [4.78, 5) is 28.5. The van der Waals surface area contributed by atoms with Gasteiger partial charge >= 0.3 is 0 Å². The van der Waals surface area contributed by atoms with E-state index in [1.54, 1.807) is 6.07 Å². The fraction of sp³-hybridized carbons (Fsp3) is 0.250. The summed E-state index contributed by atoms with van der Waals surface area (Å²) < 4.78 is 49.7. The van der Waals surface area contributed by atoms with Crippen LogP contribution in [0.5, 0.6) is 0 Å². The number of anilines is 4. The van der Waals surface area contributed by atoms with Crippen molar-refractivity contribution in [1.29, 1.82) is 0 Å². The van der Waals surface area contributed by atoms with Crippen LogP contribution in [0, 0.1) is 0 Å². The highest BCUT2D eigenvalue weighted by Crippen LogP contribution is 2.37. The lowest BCUT2D eigenvalue weighted by molar-refractivity contribution is -0.0901. The van der Waals surface area contributed by atoms with E-state index in [0.29, 0.717) is 17.5 Å². The van der Waals surface area contributed by atoms with Crippen LogP contribution in [0.3, 0.4) is 0 Å². The Balaban J connectivity index is 1.41. The summed E-state index contributed by atoms with van der Waals surface area (Å²) >= 11 is 0. The summed E-state index contributed by atoms with van der Waals surface area (Å²) in [5.74, 6) is -2.03. The molecule has 0 atom stereocenters. The lowest BCUT2D eigenvalue weighted by Crippen LogP contribution is -2.50. The first-order chi connectivity index (χ1) is 15.6. The average molecular weight is 475 g/mol. The van der Waals surface area contributed by atoms with Crippen LogP contribution in [-0.4, -0.2) is 52.5 Å². The molecule has 1 saturated carbocycles. The molecule has 172 valence electrons. The van der Waals surface area contributed by atoms with Gasteiger partial charge in [-0.3, -0.25) is 4.79 Å². The van der Waals surface area contributed by atoms with Crippen molar-refractivity contribution in [1.82, 2.24) is 25.3 Å². The monoisotopic (exact) mass is 475 g/mol. The van der Waals surface area contributed by atoms with E-state index in [9.17, 15) is 22.0 Å². The molecule has 0 radical (unpaired) electrons. The number of carbonyl (C=O) groups is 1. The van der Waals surface area contributed by atoms with E-state index in [1.807, 2.05) is 0 Å². The van der Waals surface area contributed by atoms with Crippen molar-refractivity contribution in [3.05, 3.63) is 54.6 Å². The van der Waals surface area contributed by atoms with Crippen LogP contribution in [0.15, 0.2) is 53.9 Å². The molecule has 1 fully saturated rings. The molecule has 4 rings (SSSR count). The fourth-order valence-corrected chi connectivity index (χ4v) is 3.95. The smallest absolute Gasteiger partial charge is 0.253 e. The molecule has 1 aliphatic carbocycles. The van der Waals surface area contributed by atoms with Crippen molar-refractivity contribution in [3.8, 4) is 0 Å². The van der Waals surface area contributed by atoms with Gasteiger partial charge in [-0.2, -0.15) is 0 Å². The molecule has 3 N–H and O–H groups in total. The third-order valence-electron chi connectivity index (χ3n) is 4.79. The molecular formula is C20H19F2N7O3S. The second-order valence-corrected chi connectivity index (χ2v) is 9.51. The van der Waals surface area contributed by atoms with Gasteiger partial charge in [0.25, 0.3) is 11.8 Å². The van der Waals surface area contributed by atoms with E-state index >= 15 is 0 Å². The predicted octanol–water partition coefficient (Wildman–Crippen LogP) is 2.68. The van der Waals surface area contributed by atoms with E-state index < -0.39 is 27.7 Å². The van der Waals surface area contributed by atoms with Gasteiger partial charge in [-0.15, -0.1) is 0 Å². The third kappa shape index (κ3) is 5.55. The minimum absolute atomic E-state index is 0.0271. The van der Waals surface area contributed by atoms with Crippen molar-refractivity contribution in [2.75, 3.05) is 16.9 Å². The molecule has 10 nitrogen and oxygen atoms in total. The average Bonchev–Trinajstić information content (AvgIpc) is 2.73. The number of sulfone groups is 1. The summed E-state index contributed by atoms with van der Waals surface area (Å²) in [7, 11) is -3.50. The summed E-state index contributed by atoms with van der Waals surface area (Å²) in [6, 6.07) is 6.99. The van der Waals surface area contributed by atoms with Crippen LogP contribution in [0.2, 0.25) is 0 Å². The Morgan fingerprint density at radius 1 is 1.03 bits per heavy atom. The van der Waals surface area contributed by atoms with Gasteiger partial charge in [-0.1, -0.05) is 0 Å². The zero-order chi connectivity index (χ0) is 23.6. The van der Waals surface area contributed by atoms with E-state index in [1.165, 1.54) is 43.0 Å². The first-order valence-corrected chi connectivity index (χ1v) is 11.6. The van der Waals surface area contributed by atoms with Gasteiger partial charge in [0.1, 0.15) is 34.5 Å². The van der Waals surface area contributed by atoms with Gasteiger partial charge in [-0.25, -0.2) is 37.1 Å². The lowest BCUT2D eigenvalue weighted by Gasteiger charge is -2.35. The minimum Gasteiger partial charge on any atom is -0.349 e. The highest BCUT2D eigenvalue weighted by molar-refractivity contribution is 7.90. The lowest BCUT2D eigenvalue weighted by atomic mass is 9.88. The SMILES string of the molecule is CS(=O)(=O)c1cccnc1Nc1cc(Nc2ccc(C(=O)NC3CC(F)(F)C3)cn2)ncn1. The molecule has 0 aliphatic heterocycles. The van der Waals surface area contributed by atoms with Gasteiger partial charge in [-0.05, 0) is 24.3 Å². The van der Waals surface area contributed by atoms with Gasteiger partial charge in [0.05, 0.1) is 5.56 Å². The molecule has 13 heteroatoms. The largest absolute Gasteiger partial charge is 0.349 e. The van der Waals surface area contributed by atoms with Crippen LogP contribution in [0.4, 0.5) is 32.1 Å². The van der Waals surface area contributed by atoms with Gasteiger partial charge in [0, 0.05) is 43.6 Å². The van der Waals surface area contributed by atoms with Crippen LogP contribution >= 0.6 is 0 Å². The summed E-state index contributed by atoms with van der Waals surface area (Å²) in [6.45, 7) is 0.